The van der Waals surface area contributed by atoms with E-state index >= 15 is 0 Å². The highest BCUT2D eigenvalue weighted by molar-refractivity contribution is 5.66. The van der Waals surface area contributed by atoms with E-state index < -0.39 is 0 Å². The van der Waals surface area contributed by atoms with Crippen molar-refractivity contribution in [3.05, 3.63) is 35.4 Å². The van der Waals surface area contributed by atoms with E-state index in [1.165, 1.54) is 5.56 Å². The van der Waals surface area contributed by atoms with E-state index in [9.17, 15) is 5.11 Å². The summed E-state index contributed by atoms with van der Waals surface area (Å²) in [6.07, 6.45) is 2.99. The Morgan fingerprint density at radius 3 is 2.68 bits per heavy atom. The highest BCUT2D eigenvalue weighted by Gasteiger charge is 2.17. The number of benzene rings is 1. The molecule has 0 radical (unpaired) electrons. The highest BCUT2D eigenvalue weighted by atomic mass is 16.3. The van der Waals surface area contributed by atoms with Gasteiger partial charge in [0.25, 0.3) is 0 Å². The van der Waals surface area contributed by atoms with Crippen LogP contribution in [0.25, 0.3) is 11.3 Å². The van der Waals surface area contributed by atoms with Gasteiger partial charge in [0.15, 0.2) is 0 Å². The Hall–Kier alpha value is -1.77. The van der Waals surface area contributed by atoms with Crippen LogP contribution in [0.4, 0.5) is 0 Å². The van der Waals surface area contributed by atoms with Gasteiger partial charge in [0.1, 0.15) is 0 Å². The van der Waals surface area contributed by atoms with Crippen molar-refractivity contribution in [2.45, 2.75) is 46.6 Å². The van der Waals surface area contributed by atoms with Gasteiger partial charge >= 0.3 is 0 Å². The highest BCUT2D eigenvalue weighted by Crippen LogP contribution is 2.31. The van der Waals surface area contributed by atoms with Crippen LogP contribution in [-0.4, -0.2) is 14.9 Å². The molecule has 19 heavy (non-hydrogen) atoms. The number of nitrogens with zero attached hydrogens (tertiary/aromatic N) is 2. The maximum atomic E-state index is 10.0. The third-order valence-corrected chi connectivity index (χ3v) is 3.40. The lowest BCUT2D eigenvalue weighted by atomic mass is 10.0. The minimum absolute atomic E-state index is 0.176. The second kappa shape index (κ2) is 5.91. The van der Waals surface area contributed by atoms with Crippen molar-refractivity contribution < 1.29 is 5.11 Å². The fourth-order valence-electron chi connectivity index (χ4n) is 2.40. The van der Waals surface area contributed by atoms with Crippen molar-refractivity contribution in [1.82, 2.24) is 9.78 Å². The number of aromatic hydroxyl groups is 1. The van der Waals surface area contributed by atoms with Crippen molar-refractivity contribution >= 4 is 0 Å². The molecule has 0 fully saturated rings. The first-order valence-corrected chi connectivity index (χ1v) is 7.03. The first-order valence-electron chi connectivity index (χ1n) is 7.03. The second-order valence-electron chi connectivity index (χ2n) is 4.95. The van der Waals surface area contributed by atoms with Gasteiger partial charge in [0.05, 0.1) is 5.69 Å². The van der Waals surface area contributed by atoms with E-state index in [2.05, 4.69) is 50.1 Å². The largest absolute Gasteiger partial charge is 0.492 e. The molecule has 1 aromatic heterocycles. The molecule has 1 N–H and O–H groups in total. The molecule has 0 spiro atoms. The summed E-state index contributed by atoms with van der Waals surface area (Å²) < 4.78 is 1.95. The third kappa shape index (κ3) is 2.80. The Morgan fingerprint density at radius 2 is 2.05 bits per heavy atom. The molecule has 0 bridgehead atoms. The Morgan fingerprint density at radius 1 is 1.26 bits per heavy atom. The number of aryl methyl sites for hydroxylation is 2. The topological polar surface area (TPSA) is 38.0 Å². The summed E-state index contributed by atoms with van der Waals surface area (Å²) >= 11 is 0. The van der Waals surface area contributed by atoms with Gasteiger partial charge in [0.2, 0.25) is 5.88 Å². The number of rotatable bonds is 5. The average molecular weight is 258 g/mol. The maximum Gasteiger partial charge on any atom is 0.234 e. The lowest BCUT2D eigenvalue weighted by Gasteiger charge is -2.09. The van der Waals surface area contributed by atoms with Crippen molar-refractivity contribution in [3.63, 3.8) is 0 Å². The first kappa shape index (κ1) is 13.7. The predicted molar refractivity (Wildman–Crippen MR) is 78.4 cm³/mol. The Kier molecular flexibility index (Phi) is 4.25. The lowest BCUT2D eigenvalue weighted by molar-refractivity contribution is 0.431. The summed E-state index contributed by atoms with van der Waals surface area (Å²) in [6, 6.07) is 8.38. The van der Waals surface area contributed by atoms with Gasteiger partial charge in [-0.1, -0.05) is 44.0 Å². The van der Waals surface area contributed by atoms with Crippen LogP contribution in [0, 0.1) is 6.92 Å². The molecule has 0 aliphatic rings. The Labute approximate surface area is 114 Å². The van der Waals surface area contributed by atoms with Crippen LogP contribution in [0.3, 0.4) is 0 Å². The molecule has 0 aliphatic carbocycles. The molecule has 102 valence electrons. The molecule has 3 nitrogen and oxygen atoms in total. The van der Waals surface area contributed by atoms with E-state index in [1.54, 1.807) is 0 Å². The summed E-state index contributed by atoms with van der Waals surface area (Å²) in [4.78, 5) is 0. The fourth-order valence-corrected chi connectivity index (χ4v) is 2.40. The van der Waals surface area contributed by atoms with Gasteiger partial charge in [-0.05, 0) is 25.8 Å². The molecule has 2 aromatic rings. The molecular formula is C16H22N2O. The van der Waals surface area contributed by atoms with Crippen LogP contribution in [0.15, 0.2) is 24.3 Å². The van der Waals surface area contributed by atoms with Crippen LogP contribution in [0.1, 0.15) is 37.8 Å². The normalized spacial score (nSPS) is 10.9. The monoisotopic (exact) mass is 258 g/mol. The van der Waals surface area contributed by atoms with Gasteiger partial charge in [0, 0.05) is 17.7 Å². The SMILES string of the molecule is CCCCn1nc(O)c(CC)c1-c1cccc(C)c1. The zero-order valence-corrected chi connectivity index (χ0v) is 12.0. The number of aromatic nitrogens is 2. The minimum atomic E-state index is 0.176. The van der Waals surface area contributed by atoms with E-state index in [1.807, 2.05) is 4.68 Å². The van der Waals surface area contributed by atoms with Crippen LogP contribution in [0.5, 0.6) is 5.88 Å². The maximum absolute atomic E-state index is 10.0. The Balaban J connectivity index is 2.52. The minimum Gasteiger partial charge on any atom is -0.492 e. The fraction of sp³-hybridized carbons (Fsp3) is 0.438. The van der Waals surface area contributed by atoms with E-state index in [4.69, 9.17) is 0 Å². The summed E-state index contributed by atoms with van der Waals surface area (Å²) in [6.45, 7) is 7.16. The van der Waals surface area contributed by atoms with E-state index in [0.717, 1.165) is 42.6 Å². The van der Waals surface area contributed by atoms with Crippen molar-refractivity contribution in [2.24, 2.45) is 0 Å². The molecule has 0 aliphatic heterocycles. The molecular weight excluding hydrogens is 236 g/mol. The summed E-state index contributed by atoms with van der Waals surface area (Å²) in [5, 5.41) is 14.3. The quantitative estimate of drug-likeness (QED) is 0.882. The molecule has 0 unspecified atom stereocenters. The van der Waals surface area contributed by atoms with Gasteiger partial charge < -0.3 is 5.11 Å². The number of hydrogen-bond acceptors (Lipinski definition) is 2. The van der Waals surface area contributed by atoms with Crippen molar-refractivity contribution in [2.75, 3.05) is 0 Å². The zero-order valence-electron chi connectivity index (χ0n) is 12.0. The molecule has 0 saturated heterocycles. The van der Waals surface area contributed by atoms with E-state index in [-0.39, 0.29) is 5.88 Å². The Bertz CT molecular complexity index is 558. The second-order valence-corrected chi connectivity index (χ2v) is 4.95. The van der Waals surface area contributed by atoms with E-state index in [0.29, 0.717) is 0 Å². The molecule has 0 atom stereocenters. The summed E-state index contributed by atoms with van der Waals surface area (Å²) in [5.74, 6) is 0.176. The molecule has 0 saturated carbocycles. The summed E-state index contributed by atoms with van der Waals surface area (Å²) in [7, 11) is 0. The lowest BCUT2D eigenvalue weighted by Crippen LogP contribution is -2.03. The average Bonchev–Trinajstić information content (AvgIpc) is 2.72. The molecule has 3 heteroatoms. The number of hydrogen-bond donors (Lipinski definition) is 1. The van der Waals surface area contributed by atoms with Gasteiger partial charge in [-0.3, -0.25) is 4.68 Å². The summed E-state index contributed by atoms with van der Waals surface area (Å²) in [5.41, 5.74) is 4.38. The molecule has 1 aromatic carbocycles. The molecule has 1 heterocycles. The van der Waals surface area contributed by atoms with Crippen molar-refractivity contribution in [3.8, 4) is 17.1 Å². The van der Waals surface area contributed by atoms with Gasteiger partial charge in [-0.2, -0.15) is 0 Å². The van der Waals surface area contributed by atoms with Crippen LogP contribution < -0.4 is 0 Å². The zero-order chi connectivity index (χ0) is 13.8. The van der Waals surface area contributed by atoms with Crippen LogP contribution >= 0.6 is 0 Å². The van der Waals surface area contributed by atoms with Crippen LogP contribution in [-0.2, 0) is 13.0 Å². The standard InChI is InChI=1S/C16H22N2O/c1-4-6-10-18-15(14(5-2)16(19)17-18)13-9-7-8-12(3)11-13/h7-9,11H,4-6,10H2,1-3H3,(H,17,19). The van der Waals surface area contributed by atoms with Crippen molar-refractivity contribution in [1.29, 1.82) is 0 Å². The molecule has 2 rings (SSSR count). The number of unbranched alkanes of at least 4 members (excludes halogenated alkanes) is 1. The van der Waals surface area contributed by atoms with Gasteiger partial charge in [-0.25, -0.2) is 0 Å². The first-order chi connectivity index (χ1) is 9.17. The van der Waals surface area contributed by atoms with Gasteiger partial charge in [-0.15, -0.1) is 5.10 Å². The van der Waals surface area contributed by atoms with Crippen LogP contribution in [0.2, 0.25) is 0 Å². The predicted octanol–water partition coefficient (Wildman–Crippen LogP) is 3.93. The smallest absolute Gasteiger partial charge is 0.234 e. The third-order valence-electron chi connectivity index (χ3n) is 3.40. The molecule has 0 amide bonds.